The fourth-order valence-corrected chi connectivity index (χ4v) is 6.16. The number of nitrogens with two attached hydrogens (primary N) is 1. The molecule has 0 fully saturated rings. The number of para-hydroxylation sites is 1. The third kappa shape index (κ3) is 6.90. The number of nitrogens with one attached hydrogen (secondary N) is 1. The van der Waals surface area contributed by atoms with Gasteiger partial charge in [0.05, 0.1) is 0 Å². The van der Waals surface area contributed by atoms with E-state index in [1.54, 1.807) is 0 Å². The molecule has 0 spiro atoms. The zero-order chi connectivity index (χ0) is 17.7. The normalized spacial score (nSPS) is 13.0. The largest absolute Gasteiger partial charge is 0.504 e. The van der Waals surface area contributed by atoms with Gasteiger partial charge in [-0.1, -0.05) is 18.2 Å². The Kier molecular flexibility index (Phi) is 10.9. The summed E-state index contributed by atoms with van der Waals surface area (Å²) in [6, 6.07) is 10.3. The summed E-state index contributed by atoms with van der Waals surface area (Å²) in [4.78, 5) is 0. The van der Waals surface area contributed by atoms with Gasteiger partial charge in [-0.25, -0.2) is 0 Å². The number of hydrogen-bond acceptors (Lipinski definition) is 5. The first-order valence-corrected chi connectivity index (χ1v) is 10.9. The van der Waals surface area contributed by atoms with E-state index >= 15 is 0 Å². The lowest BCUT2D eigenvalue weighted by molar-refractivity contribution is 0.0587. The van der Waals surface area contributed by atoms with Crippen LogP contribution in [-0.4, -0.2) is 41.7 Å². The molecule has 1 aromatic carbocycles. The second-order valence-electron chi connectivity index (χ2n) is 5.61. The van der Waals surface area contributed by atoms with Crippen molar-refractivity contribution >= 4 is 14.5 Å². The summed E-state index contributed by atoms with van der Waals surface area (Å²) in [6.45, 7) is 9.35. The van der Waals surface area contributed by atoms with E-state index in [9.17, 15) is 0 Å². The predicted molar refractivity (Wildman–Crippen MR) is 102 cm³/mol. The van der Waals surface area contributed by atoms with Crippen LogP contribution in [0.2, 0.25) is 5.54 Å². The molecule has 0 amide bonds. The van der Waals surface area contributed by atoms with Crippen molar-refractivity contribution in [2.24, 2.45) is 5.73 Å². The third-order valence-corrected chi connectivity index (χ3v) is 7.53. The van der Waals surface area contributed by atoms with Crippen LogP contribution in [0.15, 0.2) is 30.3 Å². The number of hydrogen-bond donors (Lipinski definition) is 2. The zero-order valence-corrected chi connectivity index (χ0v) is 16.4. The molecule has 0 saturated carbocycles. The molecule has 3 N–H and O–H groups in total. The average molecular weight is 355 g/mol. The first-order valence-electron chi connectivity index (χ1n) is 9.13. The van der Waals surface area contributed by atoms with Crippen LogP contribution < -0.4 is 11.1 Å². The van der Waals surface area contributed by atoms with Gasteiger partial charge in [0.15, 0.2) is 0 Å². The molecule has 1 aromatic rings. The van der Waals surface area contributed by atoms with Crippen LogP contribution in [0.3, 0.4) is 0 Å². The van der Waals surface area contributed by atoms with Gasteiger partial charge in [-0.05, 0) is 58.7 Å². The molecule has 138 valence electrons. The highest BCUT2D eigenvalue weighted by Crippen LogP contribution is 2.33. The molecule has 0 bridgehead atoms. The maximum Gasteiger partial charge on any atom is 0.504 e. The van der Waals surface area contributed by atoms with E-state index in [1.165, 1.54) is 0 Å². The predicted octanol–water partition coefficient (Wildman–Crippen LogP) is 3.65. The van der Waals surface area contributed by atoms with Gasteiger partial charge in [0.25, 0.3) is 0 Å². The highest BCUT2D eigenvalue weighted by Gasteiger charge is 2.48. The molecular weight excluding hydrogens is 320 g/mol. The molecule has 0 saturated heterocycles. The molecule has 6 heteroatoms. The van der Waals surface area contributed by atoms with Gasteiger partial charge in [0.1, 0.15) is 0 Å². The zero-order valence-electron chi connectivity index (χ0n) is 15.4. The summed E-state index contributed by atoms with van der Waals surface area (Å²) in [7, 11) is -2.68. The van der Waals surface area contributed by atoms with Crippen LogP contribution in [0.4, 0.5) is 5.69 Å². The number of rotatable bonds is 14. The van der Waals surface area contributed by atoms with E-state index in [4.69, 9.17) is 19.0 Å². The molecule has 0 radical (unpaired) electrons. The smallest absolute Gasteiger partial charge is 0.385 e. The van der Waals surface area contributed by atoms with Crippen molar-refractivity contribution in [2.75, 3.05) is 38.2 Å². The van der Waals surface area contributed by atoms with Crippen LogP contribution in [0.25, 0.3) is 0 Å². The summed E-state index contributed by atoms with van der Waals surface area (Å²) >= 11 is 0. The van der Waals surface area contributed by atoms with Crippen molar-refractivity contribution in [1.29, 1.82) is 0 Å². The monoisotopic (exact) mass is 354 g/mol. The van der Waals surface area contributed by atoms with Crippen molar-refractivity contribution in [1.82, 2.24) is 0 Å². The van der Waals surface area contributed by atoms with Crippen molar-refractivity contribution in [3.63, 3.8) is 0 Å². The maximum absolute atomic E-state index is 6.06. The van der Waals surface area contributed by atoms with Gasteiger partial charge >= 0.3 is 8.80 Å². The Morgan fingerprint density at radius 1 is 0.958 bits per heavy atom. The van der Waals surface area contributed by atoms with Gasteiger partial charge in [0, 0.05) is 37.6 Å². The first kappa shape index (κ1) is 21.1. The Balaban J connectivity index is 2.63. The summed E-state index contributed by atoms with van der Waals surface area (Å²) in [6.07, 6.45) is 2.89. The Morgan fingerprint density at radius 2 is 1.54 bits per heavy atom. The minimum atomic E-state index is -2.68. The molecule has 1 atom stereocenters. The number of benzene rings is 1. The lowest BCUT2D eigenvalue weighted by Gasteiger charge is -2.35. The van der Waals surface area contributed by atoms with Gasteiger partial charge in [-0.2, -0.15) is 0 Å². The van der Waals surface area contributed by atoms with Crippen LogP contribution in [-0.2, 0) is 13.3 Å². The molecule has 24 heavy (non-hydrogen) atoms. The molecule has 1 unspecified atom stereocenters. The van der Waals surface area contributed by atoms with Crippen molar-refractivity contribution in [2.45, 2.75) is 45.6 Å². The second kappa shape index (κ2) is 12.4. The molecule has 0 aliphatic carbocycles. The van der Waals surface area contributed by atoms with Crippen LogP contribution >= 0.6 is 0 Å². The molecule has 0 heterocycles. The summed E-state index contributed by atoms with van der Waals surface area (Å²) < 4.78 is 18.2. The minimum absolute atomic E-state index is 0.250. The van der Waals surface area contributed by atoms with E-state index in [2.05, 4.69) is 17.4 Å². The lowest BCUT2D eigenvalue weighted by Crippen LogP contribution is -2.51. The quantitative estimate of drug-likeness (QED) is 0.394. The van der Waals surface area contributed by atoms with Gasteiger partial charge in [-0.3, -0.25) is 0 Å². The summed E-state index contributed by atoms with van der Waals surface area (Å²) in [5.74, 6) is 0. The third-order valence-electron chi connectivity index (χ3n) is 3.88. The molecule has 0 aliphatic rings. The van der Waals surface area contributed by atoms with E-state index in [1.807, 2.05) is 39.0 Å². The standard InChI is InChI=1S/C18H34N2O3Si/c1-4-21-24(22-5-2,23-6-3)18(14-15-19)13-10-16-20-17-11-8-7-9-12-17/h7-9,11-12,18,20H,4-6,10,13-16,19H2,1-3H3. The van der Waals surface area contributed by atoms with Crippen molar-refractivity contribution < 1.29 is 13.3 Å². The lowest BCUT2D eigenvalue weighted by atomic mass is 10.2. The van der Waals surface area contributed by atoms with Crippen molar-refractivity contribution in [3.05, 3.63) is 30.3 Å². The van der Waals surface area contributed by atoms with E-state index in [0.29, 0.717) is 26.4 Å². The van der Waals surface area contributed by atoms with E-state index < -0.39 is 8.80 Å². The van der Waals surface area contributed by atoms with Gasteiger partial charge in [-0.15, -0.1) is 0 Å². The number of anilines is 1. The molecule has 5 nitrogen and oxygen atoms in total. The fourth-order valence-electron chi connectivity index (χ4n) is 2.92. The molecule has 0 aliphatic heterocycles. The van der Waals surface area contributed by atoms with Crippen LogP contribution in [0, 0.1) is 0 Å². The molecule has 1 rings (SSSR count). The summed E-state index contributed by atoms with van der Waals surface area (Å²) in [5, 5.41) is 3.45. The Labute approximate surface area is 148 Å². The second-order valence-corrected chi connectivity index (χ2v) is 8.50. The highest BCUT2D eigenvalue weighted by atomic mass is 28.4. The average Bonchev–Trinajstić information content (AvgIpc) is 2.59. The minimum Gasteiger partial charge on any atom is -0.385 e. The van der Waals surface area contributed by atoms with Gasteiger partial charge in [0.2, 0.25) is 0 Å². The maximum atomic E-state index is 6.06. The van der Waals surface area contributed by atoms with E-state index in [-0.39, 0.29) is 5.54 Å². The Bertz CT molecular complexity index is 403. The van der Waals surface area contributed by atoms with E-state index in [0.717, 1.165) is 31.5 Å². The summed E-state index contributed by atoms with van der Waals surface area (Å²) in [5.41, 5.74) is 7.25. The Hall–Kier alpha value is -0.923. The van der Waals surface area contributed by atoms with Gasteiger partial charge < -0.3 is 24.3 Å². The Morgan fingerprint density at radius 3 is 2.04 bits per heavy atom. The fraction of sp³-hybridized carbons (Fsp3) is 0.667. The topological polar surface area (TPSA) is 65.7 Å². The SMILES string of the molecule is CCO[Si](OCC)(OCC)C(CCN)CCCNc1ccccc1. The van der Waals surface area contributed by atoms with Crippen LogP contribution in [0.1, 0.15) is 40.0 Å². The molecule has 0 aromatic heterocycles. The van der Waals surface area contributed by atoms with Crippen LogP contribution in [0.5, 0.6) is 0 Å². The molecular formula is C18H34N2O3Si. The first-order chi connectivity index (χ1) is 11.7. The highest BCUT2D eigenvalue weighted by molar-refractivity contribution is 6.62. The van der Waals surface area contributed by atoms with Crippen molar-refractivity contribution in [3.8, 4) is 0 Å².